The molecule has 28 heavy (non-hydrogen) atoms. The zero-order valence-electron chi connectivity index (χ0n) is 15.8. The summed E-state index contributed by atoms with van der Waals surface area (Å²) in [5.41, 5.74) is 2.79. The Morgan fingerprint density at radius 3 is 2.36 bits per heavy atom. The van der Waals surface area contributed by atoms with Crippen LogP contribution < -0.4 is 4.74 Å². The maximum atomic E-state index is 14.1. The van der Waals surface area contributed by atoms with E-state index in [1.807, 2.05) is 54.6 Å². The number of hydrogen-bond acceptors (Lipinski definition) is 1. The van der Waals surface area contributed by atoms with Crippen LogP contribution in [-0.2, 0) is 11.8 Å². The SMILES string of the molecule is Fc1ccc(CCCC2(c3ccc(Cl)cc3)CCC2)cc1Oc1ccccc1. The van der Waals surface area contributed by atoms with Gasteiger partial charge in [-0.3, -0.25) is 0 Å². The van der Waals surface area contributed by atoms with Crippen molar-refractivity contribution in [3.8, 4) is 11.5 Å². The minimum absolute atomic E-state index is 0.286. The second-order valence-electron chi connectivity index (χ2n) is 7.67. The predicted molar refractivity (Wildman–Crippen MR) is 113 cm³/mol. The highest BCUT2D eigenvalue weighted by Gasteiger charge is 2.37. The standard InChI is InChI=1S/C25H24ClFO/c26-21-12-10-20(11-13-21)25(16-5-17-25)15-4-6-19-9-14-23(27)24(18-19)28-22-7-2-1-3-8-22/h1-3,7-14,18H,4-6,15-17H2. The largest absolute Gasteiger partial charge is 0.454 e. The Balaban J connectivity index is 1.41. The lowest BCUT2D eigenvalue weighted by Crippen LogP contribution is -2.34. The fraction of sp³-hybridized carbons (Fsp3) is 0.280. The van der Waals surface area contributed by atoms with Crippen molar-refractivity contribution in [2.24, 2.45) is 0 Å². The van der Waals surface area contributed by atoms with Gasteiger partial charge in [0.2, 0.25) is 0 Å². The van der Waals surface area contributed by atoms with Gasteiger partial charge in [0.1, 0.15) is 5.75 Å². The van der Waals surface area contributed by atoms with Crippen LogP contribution in [-0.4, -0.2) is 0 Å². The molecule has 0 radical (unpaired) electrons. The van der Waals surface area contributed by atoms with Gasteiger partial charge in [-0.05, 0) is 85.0 Å². The molecule has 3 aromatic carbocycles. The summed E-state index contributed by atoms with van der Waals surface area (Å²) in [6.45, 7) is 0. The molecule has 1 aliphatic carbocycles. The van der Waals surface area contributed by atoms with Gasteiger partial charge in [0.05, 0.1) is 0 Å². The molecule has 1 aliphatic rings. The molecule has 1 fully saturated rings. The van der Waals surface area contributed by atoms with Gasteiger partial charge in [0.25, 0.3) is 0 Å². The Hall–Kier alpha value is -2.32. The number of halogens is 2. The maximum absolute atomic E-state index is 14.1. The molecule has 3 heteroatoms. The van der Waals surface area contributed by atoms with Crippen molar-refractivity contribution in [1.29, 1.82) is 0 Å². The fourth-order valence-corrected chi connectivity index (χ4v) is 4.24. The summed E-state index contributed by atoms with van der Waals surface area (Å²) in [4.78, 5) is 0. The van der Waals surface area contributed by atoms with E-state index in [0.29, 0.717) is 11.5 Å². The maximum Gasteiger partial charge on any atom is 0.165 e. The molecule has 0 bridgehead atoms. The molecule has 3 aromatic rings. The zero-order valence-corrected chi connectivity index (χ0v) is 16.6. The van der Waals surface area contributed by atoms with E-state index in [9.17, 15) is 4.39 Å². The Kier molecular flexibility index (Phi) is 5.68. The molecule has 1 nitrogen and oxygen atoms in total. The third kappa shape index (κ3) is 4.23. The number of aryl methyl sites for hydroxylation is 1. The van der Waals surface area contributed by atoms with E-state index in [0.717, 1.165) is 29.8 Å². The molecule has 4 rings (SSSR count). The molecule has 144 valence electrons. The summed E-state index contributed by atoms with van der Waals surface area (Å²) < 4.78 is 19.9. The molecule has 0 heterocycles. The smallest absolute Gasteiger partial charge is 0.165 e. The number of ether oxygens (including phenoxy) is 1. The van der Waals surface area contributed by atoms with Crippen LogP contribution in [0.1, 0.15) is 43.2 Å². The van der Waals surface area contributed by atoms with Gasteiger partial charge >= 0.3 is 0 Å². The van der Waals surface area contributed by atoms with Crippen molar-refractivity contribution in [2.45, 2.75) is 43.9 Å². The van der Waals surface area contributed by atoms with Crippen LogP contribution in [0.4, 0.5) is 4.39 Å². The van der Waals surface area contributed by atoms with Crippen molar-refractivity contribution in [1.82, 2.24) is 0 Å². The van der Waals surface area contributed by atoms with E-state index in [1.54, 1.807) is 0 Å². The Bertz CT molecular complexity index is 917. The van der Waals surface area contributed by atoms with Crippen LogP contribution in [0.5, 0.6) is 11.5 Å². The van der Waals surface area contributed by atoms with Gasteiger partial charge in [-0.1, -0.05) is 54.4 Å². The highest BCUT2D eigenvalue weighted by molar-refractivity contribution is 6.30. The summed E-state index contributed by atoms with van der Waals surface area (Å²) in [6.07, 6.45) is 6.88. The van der Waals surface area contributed by atoms with Crippen molar-refractivity contribution >= 4 is 11.6 Å². The molecule has 1 saturated carbocycles. The van der Waals surface area contributed by atoms with Crippen LogP contribution in [0.25, 0.3) is 0 Å². The van der Waals surface area contributed by atoms with Crippen molar-refractivity contribution in [2.75, 3.05) is 0 Å². The number of rotatable bonds is 7. The molecule has 0 spiro atoms. The van der Waals surface area contributed by atoms with E-state index in [1.165, 1.54) is 30.9 Å². The summed E-state index contributed by atoms with van der Waals surface area (Å²) in [5.74, 6) is 0.610. The topological polar surface area (TPSA) is 9.23 Å². The first-order chi connectivity index (χ1) is 13.6. The molecule has 0 atom stereocenters. The second kappa shape index (κ2) is 8.36. The zero-order chi connectivity index (χ0) is 19.4. The van der Waals surface area contributed by atoms with E-state index in [4.69, 9.17) is 16.3 Å². The van der Waals surface area contributed by atoms with Crippen molar-refractivity contribution < 1.29 is 9.13 Å². The Morgan fingerprint density at radius 2 is 1.68 bits per heavy atom. The van der Waals surface area contributed by atoms with Crippen LogP contribution in [0.15, 0.2) is 72.8 Å². The third-order valence-electron chi connectivity index (χ3n) is 5.85. The lowest BCUT2D eigenvalue weighted by Gasteiger charge is -2.43. The molecular formula is C25H24ClFO. The molecule has 0 N–H and O–H groups in total. The van der Waals surface area contributed by atoms with Crippen LogP contribution in [0.2, 0.25) is 5.02 Å². The van der Waals surface area contributed by atoms with Gasteiger partial charge in [0, 0.05) is 5.02 Å². The molecule has 0 amide bonds. The van der Waals surface area contributed by atoms with Crippen molar-refractivity contribution in [3.63, 3.8) is 0 Å². The average Bonchev–Trinajstić information content (AvgIpc) is 2.68. The fourth-order valence-electron chi connectivity index (χ4n) is 4.12. The van der Waals surface area contributed by atoms with Crippen LogP contribution >= 0.6 is 11.6 Å². The predicted octanol–water partition coefficient (Wildman–Crippen LogP) is 7.72. The monoisotopic (exact) mass is 394 g/mol. The average molecular weight is 395 g/mol. The Morgan fingerprint density at radius 1 is 0.929 bits per heavy atom. The van der Waals surface area contributed by atoms with Gasteiger partial charge in [-0.2, -0.15) is 0 Å². The van der Waals surface area contributed by atoms with Gasteiger partial charge < -0.3 is 4.74 Å². The normalized spacial score (nSPS) is 15.1. The summed E-state index contributed by atoms with van der Waals surface area (Å²) in [7, 11) is 0. The van der Waals surface area contributed by atoms with Gasteiger partial charge in [-0.15, -0.1) is 0 Å². The minimum Gasteiger partial charge on any atom is -0.454 e. The quantitative estimate of drug-likeness (QED) is 0.398. The third-order valence-corrected chi connectivity index (χ3v) is 6.11. The molecule has 0 aliphatic heterocycles. The van der Waals surface area contributed by atoms with E-state index < -0.39 is 0 Å². The first-order valence-electron chi connectivity index (χ1n) is 9.92. The first kappa shape index (κ1) is 19.0. The summed E-state index contributed by atoms with van der Waals surface area (Å²) >= 11 is 6.05. The highest BCUT2D eigenvalue weighted by Crippen LogP contribution is 2.47. The second-order valence-corrected chi connectivity index (χ2v) is 8.11. The van der Waals surface area contributed by atoms with Gasteiger partial charge in [-0.25, -0.2) is 4.39 Å². The van der Waals surface area contributed by atoms with Gasteiger partial charge in [0.15, 0.2) is 11.6 Å². The number of para-hydroxylation sites is 1. The van der Waals surface area contributed by atoms with Crippen LogP contribution in [0.3, 0.4) is 0 Å². The van der Waals surface area contributed by atoms with E-state index in [2.05, 4.69) is 12.1 Å². The lowest BCUT2D eigenvalue weighted by molar-refractivity contribution is 0.221. The molecule has 0 aromatic heterocycles. The summed E-state index contributed by atoms with van der Waals surface area (Å²) in [5, 5.41) is 0.787. The summed E-state index contributed by atoms with van der Waals surface area (Å²) in [6, 6.07) is 22.9. The molecule has 0 unspecified atom stereocenters. The Labute approximate surface area is 171 Å². The molecule has 0 saturated heterocycles. The highest BCUT2D eigenvalue weighted by atomic mass is 35.5. The van der Waals surface area contributed by atoms with Crippen molar-refractivity contribution in [3.05, 3.63) is 94.8 Å². The van der Waals surface area contributed by atoms with E-state index >= 15 is 0 Å². The number of benzene rings is 3. The minimum atomic E-state index is -0.329. The van der Waals surface area contributed by atoms with Crippen LogP contribution in [0, 0.1) is 5.82 Å². The van der Waals surface area contributed by atoms with E-state index in [-0.39, 0.29) is 11.2 Å². The number of hydrogen-bond donors (Lipinski definition) is 0. The molecular weight excluding hydrogens is 371 g/mol. The lowest BCUT2D eigenvalue weighted by atomic mass is 9.62. The first-order valence-corrected chi connectivity index (χ1v) is 10.3.